The average molecular weight is 347 g/mol. The number of H-pyrrole nitrogens is 1. The summed E-state index contributed by atoms with van der Waals surface area (Å²) in [5, 5.41) is 10.3. The number of aromatic nitrogens is 2. The zero-order valence-electron chi connectivity index (χ0n) is 14.6. The molecule has 0 aliphatic carbocycles. The van der Waals surface area contributed by atoms with Gasteiger partial charge < -0.3 is 4.90 Å². The number of hydrogen-bond acceptors (Lipinski definition) is 4. The summed E-state index contributed by atoms with van der Waals surface area (Å²) in [5.74, 6) is -0.324. The van der Waals surface area contributed by atoms with Gasteiger partial charge in [0.05, 0.1) is 6.21 Å². The van der Waals surface area contributed by atoms with E-state index in [1.807, 2.05) is 18.2 Å². The maximum Gasteiger partial charge on any atom is 0.289 e. The van der Waals surface area contributed by atoms with Crippen molar-refractivity contribution in [3.8, 4) is 0 Å². The van der Waals surface area contributed by atoms with E-state index in [0.29, 0.717) is 5.69 Å². The molecule has 1 aromatic heterocycles. The largest absolute Gasteiger partial charge is 0.367 e. The number of carbonyl (C=O) groups is 1. The van der Waals surface area contributed by atoms with Gasteiger partial charge in [0.2, 0.25) is 0 Å². The van der Waals surface area contributed by atoms with Crippen LogP contribution in [-0.2, 0) is 6.54 Å². The van der Waals surface area contributed by atoms with Crippen molar-refractivity contribution >= 4 is 17.8 Å². The van der Waals surface area contributed by atoms with E-state index in [1.165, 1.54) is 11.8 Å². The smallest absolute Gasteiger partial charge is 0.289 e. The molecule has 0 saturated heterocycles. The monoisotopic (exact) mass is 347 g/mol. The van der Waals surface area contributed by atoms with Crippen LogP contribution in [0.3, 0.4) is 0 Å². The maximum atomic E-state index is 11.7. The summed E-state index contributed by atoms with van der Waals surface area (Å²) < 4.78 is 0. The highest BCUT2D eigenvalue weighted by atomic mass is 16.2. The van der Waals surface area contributed by atoms with E-state index in [0.717, 1.165) is 24.3 Å². The molecule has 3 rings (SSSR count). The molecule has 6 heteroatoms. The van der Waals surface area contributed by atoms with Crippen molar-refractivity contribution in [2.24, 2.45) is 5.10 Å². The first kappa shape index (κ1) is 17.4. The molecule has 0 aliphatic heterocycles. The fourth-order valence-corrected chi connectivity index (χ4v) is 2.57. The number of rotatable bonds is 7. The van der Waals surface area contributed by atoms with Crippen LogP contribution in [0.15, 0.2) is 72.0 Å². The third-order valence-corrected chi connectivity index (χ3v) is 3.98. The zero-order valence-corrected chi connectivity index (χ0v) is 14.6. The Labute approximate surface area is 152 Å². The van der Waals surface area contributed by atoms with Crippen molar-refractivity contribution in [3.63, 3.8) is 0 Å². The topological polar surface area (TPSA) is 73.4 Å². The molecule has 0 unspecified atom stereocenters. The number of carbonyl (C=O) groups excluding carboxylic acids is 1. The second-order valence-corrected chi connectivity index (χ2v) is 5.76. The summed E-state index contributed by atoms with van der Waals surface area (Å²) in [7, 11) is 0. The Kier molecular flexibility index (Phi) is 5.77. The number of nitrogens with zero attached hydrogens (tertiary/aromatic N) is 3. The Morgan fingerprint density at radius 2 is 1.92 bits per heavy atom. The van der Waals surface area contributed by atoms with Crippen molar-refractivity contribution in [1.29, 1.82) is 0 Å². The van der Waals surface area contributed by atoms with E-state index in [-0.39, 0.29) is 5.91 Å². The number of aromatic amines is 1. The first-order chi connectivity index (χ1) is 12.8. The lowest BCUT2D eigenvalue weighted by Crippen LogP contribution is -2.21. The third kappa shape index (κ3) is 4.57. The Hall–Kier alpha value is -3.41. The molecule has 0 radical (unpaired) electrons. The summed E-state index contributed by atoms with van der Waals surface area (Å²) >= 11 is 0. The van der Waals surface area contributed by atoms with Gasteiger partial charge in [-0.1, -0.05) is 42.5 Å². The quantitative estimate of drug-likeness (QED) is 0.509. The van der Waals surface area contributed by atoms with E-state index in [9.17, 15) is 4.79 Å². The van der Waals surface area contributed by atoms with Gasteiger partial charge in [0.15, 0.2) is 0 Å². The van der Waals surface area contributed by atoms with Gasteiger partial charge in [-0.05, 0) is 36.2 Å². The van der Waals surface area contributed by atoms with Crippen LogP contribution >= 0.6 is 0 Å². The number of benzene rings is 2. The molecule has 1 amide bonds. The highest BCUT2D eigenvalue weighted by molar-refractivity contribution is 5.93. The van der Waals surface area contributed by atoms with Crippen molar-refractivity contribution in [1.82, 2.24) is 15.6 Å². The van der Waals surface area contributed by atoms with Crippen LogP contribution in [0.25, 0.3) is 0 Å². The van der Waals surface area contributed by atoms with Crippen LogP contribution in [0.2, 0.25) is 0 Å². The van der Waals surface area contributed by atoms with E-state index in [4.69, 9.17) is 0 Å². The molecule has 26 heavy (non-hydrogen) atoms. The van der Waals surface area contributed by atoms with E-state index >= 15 is 0 Å². The molecule has 0 spiro atoms. The van der Waals surface area contributed by atoms with Gasteiger partial charge in [-0.15, -0.1) is 0 Å². The fraction of sp³-hybridized carbons (Fsp3) is 0.150. The van der Waals surface area contributed by atoms with Crippen molar-refractivity contribution in [2.45, 2.75) is 13.5 Å². The Morgan fingerprint density at radius 1 is 1.15 bits per heavy atom. The molecular formula is C20H21N5O. The molecule has 132 valence electrons. The second kappa shape index (κ2) is 8.62. The Balaban J connectivity index is 1.60. The van der Waals surface area contributed by atoms with Crippen molar-refractivity contribution in [3.05, 3.63) is 83.7 Å². The number of nitrogens with one attached hydrogen (secondary N) is 2. The van der Waals surface area contributed by atoms with Gasteiger partial charge in [-0.25, -0.2) is 5.43 Å². The first-order valence-electron chi connectivity index (χ1n) is 8.48. The Morgan fingerprint density at radius 3 is 2.58 bits per heavy atom. The van der Waals surface area contributed by atoms with Gasteiger partial charge >= 0.3 is 0 Å². The SMILES string of the molecule is CCN(Cc1ccccc1)c1ccc(/C=N/NC(=O)c2ccn[nH]2)cc1. The van der Waals surface area contributed by atoms with E-state index in [2.05, 4.69) is 68.9 Å². The minimum Gasteiger partial charge on any atom is -0.367 e. The van der Waals surface area contributed by atoms with Crippen LogP contribution in [0.4, 0.5) is 5.69 Å². The molecule has 0 bridgehead atoms. The van der Waals surface area contributed by atoms with Gasteiger partial charge in [0.1, 0.15) is 5.69 Å². The van der Waals surface area contributed by atoms with Crippen LogP contribution in [0, 0.1) is 0 Å². The highest BCUT2D eigenvalue weighted by Crippen LogP contribution is 2.17. The molecule has 2 N–H and O–H groups in total. The molecular weight excluding hydrogens is 326 g/mol. The van der Waals surface area contributed by atoms with Crippen molar-refractivity contribution < 1.29 is 4.79 Å². The maximum absolute atomic E-state index is 11.7. The highest BCUT2D eigenvalue weighted by Gasteiger charge is 2.06. The summed E-state index contributed by atoms with van der Waals surface area (Å²) in [4.78, 5) is 14.1. The summed E-state index contributed by atoms with van der Waals surface area (Å²) in [6.07, 6.45) is 3.14. The molecule has 0 saturated carbocycles. The standard InChI is InChI=1S/C20H21N5O/c1-2-25(15-17-6-4-3-5-7-17)18-10-8-16(9-11-18)14-22-24-20(26)19-12-13-21-23-19/h3-14H,2,15H2,1H3,(H,21,23)(H,24,26)/b22-14+. The van der Waals surface area contributed by atoms with E-state index in [1.54, 1.807) is 12.3 Å². The third-order valence-electron chi connectivity index (χ3n) is 3.98. The van der Waals surface area contributed by atoms with Crippen LogP contribution in [0.5, 0.6) is 0 Å². The van der Waals surface area contributed by atoms with Gasteiger partial charge in [-0.2, -0.15) is 10.2 Å². The molecule has 3 aromatic rings. The van der Waals surface area contributed by atoms with Gasteiger partial charge in [0.25, 0.3) is 5.91 Å². The zero-order chi connectivity index (χ0) is 18.2. The summed E-state index contributed by atoms with van der Waals surface area (Å²) in [5.41, 5.74) is 6.17. The predicted molar refractivity (Wildman–Crippen MR) is 103 cm³/mol. The number of amides is 1. The molecule has 0 atom stereocenters. The van der Waals surface area contributed by atoms with Gasteiger partial charge in [-0.3, -0.25) is 9.89 Å². The van der Waals surface area contributed by atoms with Crippen LogP contribution < -0.4 is 10.3 Å². The molecule has 0 fully saturated rings. The first-order valence-corrected chi connectivity index (χ1v) is 8.48. The minimum absolute atomic E-state index is 0.324. The van der Waals surface area contributed by atoms with Crippen LogP contribution in [0.1, 0.15) is 28.5 Å². The Bertz CT molecular complexity index is 842. The van der Waals surface area contributed by atoms with E-state index < -0.39 is 0 Å². The van der Waals surface area contributed by atoms with Crippen LogP contribution in [-0.4, -0.2) is 28.9 Å². The number of anilines is 1. The van der Waals surface area contributed by atoms with Crippen molar-refractivity contribution in [2.75, 3.05) is 11.4 Å². The molecule has 0 aliphatic rings. The average Bonchev–Trinajstić information content (AvgIpc) is 3.22. The lowest BCUT2D eigenvalue weighted by Gasteiger charge is -2.23. The lowest BCUT2D eigenvalue weighted by atomic mass is 10.1. The second-order valence-electron chi connectivity index (χ2n) is 5.76. The molecule has 1 heterocycles. The number of hydrogen-bond donors (Lipinski definition) is 2. The lowest BCUT2D eigenvalue weighted by molar-refractivity contribution is 0.0950. The summed E-state index contributed by atoms with van der Waals surface area (Å²) in [6.45, 7) is 3.93. The predicted octanol–water partition coefficient (Wildman–Crippen LogP) is 3.20. The number of hydrazone groups is 1. The van der Waals surface area contributed by atoms with Gasteiger partial charge in [0, 0.05) is 25.0 Å². The summed E-state index contributed by atoms with van der Waals surface area (Å²) in [6, 6.07) is 20.1. The fourth-order valence-electron chi connectivity index (χ4n) is 2.57. The normalized spacial score (nSPS) is 10.8. The minimum atomic E-state index is -0.324. The molecule has 2 aromatic carbocycles. The molecule has 6 nitrogen and oxygen atoms in total.